The SMILES string of the molecule is CCCOc1ccc(NCCOc2ccccc2[C@H](C)CC)cc1. The van der Waals surface area contributed by atoms with Crippen LogP contribution in [0.15, 0.2) is 48.5 Å². The molecule has 0 bridgehead atoms. The molecule has 0 saturated heterocycles. The third-order valence-electron chi connectivity index (χ3n) is 4.08. The average Bonchev–Trinajstić information content (AvgIpc) is 2.64. The van der Waals surface area contributed by atoms with Gasteiger partial charge >= 0.3 is 0 Å². The number of rotatable bonds is 10. The maximum absolute atomic E-state index is 5.97. The molecule has 130 valence electrons. The van der Waals surface area contributed by atoms with Gasteiger partial charge in [0, 0.05) is 12.2 Å². The third-order valence-corrected chi connectivity index (χ3v) is 4.08. The smallest absolute Gasteiger partial charge is 0.122 e. The fourth-order valence-electron chi connectivity index (χ4n) is 2.48. The Morgan fingerprint density at radius 1 is 0.917 bits per heavy atom. The van der Waals surface area contributed by atoms with E-state index in [1.807, 2.05) is 30.3 Å². The van der Waals surface area contributed by atoms with Crippen LogP contribution in [0.25, 0.3) is 0 Å². The lowest BCUT2D eigenvalue weighted by atomic mass is 9.98. The normalized spacial score (nSPS) is 11.8. The van der Waals surface area contributed by atoms with E-state index in [4.69, 9.17) is 9.47 Å². The predicted molar refractivity (Wildman–Crippen MR) is 101 cm³/mol. The molecule has 0 aliphatic heterocycles. The van der Waals surface area contributed by atoms with E-state index >= 15 is 0 Å². The molecule has 0 radical (unpaired) electrons. The molecule has 0 aromatic heterocycles. The highest BCUT2D eigenvalue weighted by Gasteiger charge is 2.09. The molecule has 0 aliphatic rings. The van der Waals surface area contributed by atoms with Crippen LogP contribution in [0.5, 0.6) is 11.5 Å². The fourth-order valence-corrected chi connectivity index (χ4v) is 2.48. The first-order chi connectivity index (χ1) is 11.7. The summed E-state index contributed by atoms with van der Waals surface area (Å²) in [4.78, 5) is 0. The zero-order valence-electron chi connectivity index (χ0n) is 15.0. The van der Waals surface area contributed by atoms with Crippen LogP contribution in [-0.2, 0) is 0 Å². The van der Waals surface area contributed by atoms with Gasteiger partial charge in [0.1, 0.15) is 18.1 Å². The van der Waals surface area contributed by atoms with Crippen molar-refractivity contribution in [2.24, 2.45) is 0 Å². The largest absolute Gasteiger partial charge is 0.494 e. The van der Waals surface area contributed by atoms with Crippen LogP contribution in [-0.4, -0.2) is 19.8 Å². The highest BCUT2D eigenvalue weighted by atomic mass is 16.5. The second-order valence-electron chi connectivity index (χ2n) is 6.00. The van der Waals surface area contributed by atoms with Crippen molar-refractivity contribution in [2.45, 2.75) is 39.5 Å². The number of nitrogens with one attached hydrogen (secondary N) is 1. The van der Waals surface area contributed by atoms with E-state index in [0.29, 0.717) is 12.5 Å². The quantitative estimate of drug-likeness (QED) is 0.586. The summed E-state index contributed by atoms with van der Waals surface area (Å²) >= 11 is 0. The molecule has 0 spiro atoms. The summed E-state index contributed by atoms with van der Waals surface area (Å²) in [6.45, 7) is 8.72. The monoisotopic (exact) mass is 327 g/mol. The highest BCUT2D eigenvalue weighted by molar-refractivity contribution is 5.46. The van der Waals surface area contributed by atoms with Crippen LogP contribution in [0.1, 0.15) is 45.1 Å². The molecule has 0 amide bonds. The Hall–Kier alpha value is -2.16. The molecule has 1 N–H and O–H groups in total. The van der Waals surface area contributed by atoms with Crippen molar-refractivity contribution in [2.75, 3.05) is 25.1 Å². The van der Waals surface area contributed by atoms with E-state index in [-0.39, 0.29) is 0 Å². The molecule has 2 aromatic rings. The van der Waals surface area contributed by atoms with E-state index in [2.05, 4.69) is 44.3 Å². The zero-order valence-corrected chi connectivity index (χ0v) is 15.0. The number of benzene rings is 2. The molecule has 3 heteroatoms. The summed E-state index contributed by atoms with van der Waals surface area (Å²) in [7, 11) is 0. The van der Waals surface area contributed by atoms with E-state index in [1.165, 1.54) is 5.56 Å². The minimum absolute atomic E-state index is 0.518. The van der Waals surface area contributed by atoms with E-state index in [0.717, 1.165) is 43.2 Å². The molecule has 24 heavy (non-hydrogen) atoms. The predicted octanol–water partition coefficient (Wildman–Crippen LogP) is 5.48. The van der Waals surface area contributed by atoms with Gasteiger partial charge in [0.15, 0.2) is 0 Å². The molecule has 2 rings (SSSR count). The number of para-hydroxylation sites is 1. The van der Waals surface area contributed by atoms with Crippen molar-refractivity contribution in [3.8, 4) is 11.5 Å². The summed E-state index contributed by atoms with van der Waals surface area (Å²) in [5.41, 5.74) is 2.37. The molecule has 0 heterocycles. The number of anilines is 1. The summed E-state index contributed by atoms with van der Waals surface area (Å²) < 4.78 is 11.6. The molecule has 1 atom stereocenters. The van der Waals surface area contributed by atoms with Crippen molar-refractivity contribution in [3.05, 3.63) is 54.1 Å². The van der Waals surface area contributed by atoms with Gasteiger partial charge in [-0.3, -0.25) is 0 Å². The Morgan fingerprint density at radius 2 is 1.67 bits per heavy atom. The van der Waals surface area contributed by atoms with Crippen molar-refractivity contribution in [1.29, 1.82) is 0 Å². The van der Waals surface area contributed by atoms with Gasteiger partial charge in [-0.25, -0.2) is 0 Å². The van der Waals surface area contributed by atoms with Crippen LogP contribution >= 0.6 is 0 Å². The maximum Gasteiger partial charge on any atom is 0.122 e. The molecular weight excluding hydrogens is 298 g/mol. The van der Waals surface area contributed by atoms with Crippen LogP contribution in [0, 0.1) is 0 Å². The van der Waals surface area contributed by atoms with Crippen molar-refractivity contribution in [1.82, 2.24) is 0 Å². The first kappa shape index (κ1) is 18.2. The van der Waals surface area contributed by atoms with Gasteiger partial charge in [-0.1, -0.05) is 39.0 Å². The van der Waals surface area contributed by atoms with Gasteiger partial charge in [-0.15, -0.1) is 0 Å². The van der Waals surface area contributed by atoms with Gasteiger partial charge in [0.05, 0.1) is 6.61 Å². The van der Waals surface area contributed by atoms with Crippen molar-refractivity contribution >= 4 is 5.69 Å². The first-order valence-electron chi connectivity index (χ1n) is 8.93. The second-order valence-corrected chi connectivity index (χ2v) is 6.00. The third kappa shape index (κ3) is 5.48. The minimum atomic E-state index is 0.518. The Bertz CT molecular complexity index is 595. The number of ether oxygens (including phenoxy) is 2. The minimum Gasteiger partial charge on any atom is -0.494 e. The summed E-state index contributed by atoms with van der Waals surface area (Å²) in [6, 6.07) is 16.4. The van der Waals surface area contributed by atoms with Gasteiger partial charge in [-0.05, 0) is 54.7 Å². The summed E-state index contributed by atoms with van der Waals surface area (Å²) in [5.74, 6) is 2.43. The van der Waals surface area contributed by atoms with E-state index < -0.39 is 0 Å². The molecule has 0 fully saturated rings. The lowest BCUT2D eigenvalue weighted by Crippen LogP contribution is -2.12. The van der Waals surface area contributed by atoms with Crippen molar-refractivity contribution < 1.29 is 9.47 Å². The molecule has 0 saturated carbocycles. The molecule has 0 unspecified atom stereocenters. The highest BCUT2D eigenvalue weighted by Crippen LogP contribution is 2.28. The lowest BCUT2D eigenvalue weighted by molar-refractivity contribution is 0.317. The van der Waals surface area contributed by atoms with Crippen LogP contribution < -0.4 is 14.8 Å². The van der Waals surface area contributed by atoms with Crippen LogP contribution in [0.3, 0.4) is 0 Å². The second kappa shape index (κ2) is 9.86. The Labute approximate surface area is 146 Å². The molecule has 2 aromatic carbocycles. The number of hydrogen-bond donors (Lipinski definition) is 1. The fraction of sp³-hybridized carbons (Fsp3) is 0.429. The molecule has 3 nitrogen and oxygen atoms in total. The molecular formula is C21H29NO2. The number of hydrogen-bond acceptors (Lipinski definition) is 3. The standard InChI is InChI=1S/C21H29NO2/c1-4-15-23-19-12-10-18(11-13-19)22-14-16-24-21-9-7-6-8-20(21)17(3)5-2/h6-13,17,22H,4-5,14-16H2,1-3H3/t17-/m1/s1. The Morgan fingerprint density at radius 3 is 2.38 bits per heavy atom. The Balaban J connectivity index is 1.79. The van der Waals surface area contributed by atoms with Gasteiger partial charge in [0.2, 0.25) is 0 Å². The summed E-state index contributed by atoms with van der Waals surface area (Å²) in [5, 5.41) is 3.38. The van der Waals surface area contributed by atoms with E-state index in [9.17, 15) is 0 Å². The average molecular weight is 327 g/mol. The Kier molecular flexibility index (Phi) is 7.47. The van der Waals surface area contributed by atoms with Crippen molar-refractivity contribution in [3.63, 3.8) is 0 Å². The lowest BCUT2D eigenvalue weighted by Gasteiger charge is -2.16. The van der Waals surface area contributed by atoms with Crippen LogP contribution in [0.2, 0.25) is 0 Å². The maximum atomic E-state index is 5.97. The first-order valence-corrected chi connectivity index (χ1v) is 8.93. The van der Waals surface area contributed by atoms with Gasteiger partial charge < -0.3 is 14.8 Å². The van der Waals surface area contributed by atoms with E-state index in [1.54, 1.807) is 0 Å². The van der Waals surface area contributed by atoms with Crippen LogP contribution in [0.4, 0.5) is 5.69 Å². The van der Waals surface area contributed by atoms with Gasteiger partial charge in [-0.2, -0.15) is 0 Å². The molecule has 0 aliphatic carbocycles. The van der Waals surface area contributed by atoms with Gasteiger partial charge in [0.25, 0.3) is 0 Å². The summed E-state index contributed by atoms with van der Waals surface area (Å²) in [6.07, 6.45) is 2.14. The topological polar surface area (TPSA) is 30.5 Å². The zero-order chi connectivity index (χ0) is 17.2.